The van der Waals surface area contributed by atoms with E-state index in [1.54, 1.807) is 26.3 Å². The van der Waals surface area contributed by atoms with E-state index in [0.29, 0.717) is 29.8 Å². The number of ether oxygens (including phenoxy) is 1. The second-order valence-corrected chi connectivity index (χ2v) is 5.30. The highest BCUT2D eigenvalue weighted by Crippen LogP contribution is 2.22. The molecule has 24 heavy (non-hydrogen) atoms. The summed E-state index contributed by atoms with van der Waals surface area (Å²) in [6, 6.07) is 11.9. The molecule has 0 atom stereocenters. The van der Waals surface area contributed by atoms with E-state index in [1.165, 1.54) is 12.1 Å². The summed E-state index contributed by atoms with van der Waals surface area (Å²) < 4.78 is 18.5. The van der Waals surface area contributed by atoms with Gasteiger partial charge in [0.25, 0.3) is 0 Å². The Morgan fingerprint density at radius 2 is 1.92 bits per heavy atom. The summed E-state index contributed by atoms with van der Waals surface area (Å²) in [6.45, 7) is 1.01. The molecule has 0 bridgehead atoms. The summed E-state index contributed by atoms with van der Waals surface area (Å²) in [4.78, 5) is 4.15. The minimum atomic E-state index is -0.252. The van der Waals surface area contributed by atoms with Crippen LogP contribution < -0.4 is 15.4 Å². The zero-order valence-electron chi connectivity index (χ0n) is 13.5. The summed E-state index contributed by atoms with van der Waals surface area (Å²) in [5, 5.41) is 6.95. The van der Waals surface area contributed by atoms with E-state index in [0.717, 1.165) is 11.1 Å². The van der Waals surface area contributed by atoms with Crippen molar-refractivity contribution in [1.82, 2.24) is 10.6 Å². The van der Waals surface area contributed by atoms with E-state index in [2.05, 4.69) is 15.6 Å². The van der Waals surface area contributed by atoms with Crippen molar-refractivity contribution in [1.29, 1.82) is 0 Å². The Kier molecular flexibility index (Phi) is 8.84. The smallest absolute Gasteiger partial charge is 0.191 e. The van der Waals surface area contributed by atoms with Gasteiger partial charge in [0.1, 0.15) is 11.6 Å². The third kappa shape index (κ3) is 6.16. The lowest BCUT2D eigenvalue weighted by molar-refractivity contribution is 0.409. The molecule has 0 radical (unpaired) electrons. The Hall–Kier alpha value is -1.54. The molecule has 4 nitrogen and oxygen atoms in total. The minimum Gasteiger partial charge on any atom is -0.496 e. The summed E-state index contributed by atoms with van der Waals surface area (Å²) in [5.41, 5.74) is 1.81. The molecule has 2 rings (SSSR count). The van der Waals surface area contributed by atoms with E-state index < -0.39 is 0 Å². The maximum Gasteiger partial charge on any atom is 0.191 e. The van der Waals surface area contributed by atoms with Gasteiger partial charge in [-0.15, -0.1) is 24.0 Å². The van der Waals surface area contributed by atoms with Gasteiger partial charge < -0.3 is 15.4 Å². The molecule has 2 aromatic carbocycles. The van der Waals surface area contributed by atoms with Crippen molar-refractivity contribution < 1.29 is 9.13 Å². The topological polar surface area (TPSA) is 45.7 Å². The van der Waals surface area contributed by atoms with Gasteiger partial charge in [0.2, 0.25) is 0 Å². The molecule has 0 unspecified atom stereocenters. The van der Waals surface area contributed by atoms with Crippen LogP contribution in [0.1, 0.15) is 11.1 Å². The van der Waals surface area contributed by atoms with Gasteiger partial charge in [-0.1, -0.05) is 29.8 Å². The van der Waals surface area contributed by atoms with Crippen LogP contribution in [0, 0.1) is 5.82 Å². The molecule has 0 aliphatic carbocycles. The van der Waals surface area contributed by atoms with E-state index in [-0.39, 0.29) is 29.8 Å². The Bertz CT molecular complexity index is 697. The number of methoxy groups -OCH3 is 1. The summed E-state index contributed by atoms with van der Waals surface area (Å²) in [5.74, 6) is 1.08. The number of hydrogen-bond acceptors (Lipinski definition) is 2. The number of guanidine groups is 1. The monoisotopic (exact) mass is 463 g/mol. The standard InChI is InChI=1S/C17H19ClFN3O.HI/c1-20-17(21-10-12-4-3-5-15(19)8-12)22-11-13-6-7-14(18)9-16(13)23-2;/h3-9H,10-11H2,1-2H3,(H2,20,21,22);1H. The van der Waals surface area contributed by atoms with Crippen molar-refractivity contribution in [2.45, 2.75) is 13.1 Å². The Morgan fingerprint density at radius 1 is 1.17 bits per heavy atom. The van der Waals surface area contributed by atoms with Crippen LogP contribution in [-0.2, 0) is 13.1 Å². The predicted octanol–water partition coefficient (Wildman–Crippen LogP) is 3.97. The lowest BCUT2D eigenvalue weighted by Gasteiger charge is -2.14. The maximum absolute atomic E-state index is 13.2. The maximum atomic E-state index is 13.2. The largest absolute Gasteiger partial charge is 0.496 e. The predicted molar refractivity (Wildman–Crippen MR) is 107 cm³/mol. The van der Waals surface area contributed by atoms with Crippen LogP contribution in [0.5, 0.6) is 5.75 Å². The quantitative estimate of drug-likeness (QED) is 0.401. The number of benzene rings is 2. The van der Waals surface area contributed by atoms with Crippen molar-refractivity contribution >= 4 is 41.5 Å². The molecule has 0 aliphatic heterocycles. The van der Waals surface area contributed by atoms with E-state index in [4.69, 9.17) is 16.3 Å². The lowest BCUT2D eigenvalue weighted by atomic mass is 10.2. The molecular formula is C17H20ClFIN3O. The van der Waals surface area contributed by atoms with Crippen LogP contribution in [-0.4, -0.2) is 20.1 Å². The van der Waals surface area contributed by atoms with Gasteiger partial charge in [-0.2, -0.15) is 0 Å². The van der Waals surface area contributed by atoms with Crippen LogP contribution in [0.3, 0.4) is 0 Å². The normalized spacial score (nSPS) is 10.8. The number of aliphatic imine (C=N–C) groups is 1. The zero-order chi connectivity index (χ0) is 16.7. The lowest BCUT2D eigenvalue weighted by Crippen LogP contribution is -2.36. The molecule has 0 aromatic heterocycles. The molecule has 130 valence electrons. The summed E-state index contributed by atoms with van der Waals surface area (Å²) in [6.07, 6.45) is 0. The van der Waals surface area contributed by atoms with Gasteiger partial charge in [0, 0.05) is 30.7 Å². The first-order valence-electron chi connectivity index (χ1n) is 7.13. The van der Waals surface area contributed by atoms with Crippen LogP contribution >= 0.6 is 35.6 Å². The van der Waals surface area contributed by atoms with E-state index >= 15 is 0 Å². The molecule has 0 saturated heterocycles. The summed E-state index contributed by atoms with van der Waals surface area (Å²) >= 11 is 5.95. The molecule has 2 N–H and O–H groups in total. The Morgan fingerprint density at radius 3 is 2.58 bits per heavy atom. The van der Waals surface area contributed by atoms with Gasteiger partial charge in [0.15, 0.2) is 5.96 Å². The third-order valence-corrected chi connectivity index (χ3v) is 3.50. The Labute approximate surface area is 163 Å². The average Bonchev–Trinajstić information content (AvgIpc) is 2.56. The minimum absolute atomic E-state index is 0. The van der Waals surface area contributed by atoms with Crippen LogP contribution in [0.2, 0.25) is 5.02 Å². The van der Waals surface area contributed by atoms with Crippen molar-refractivity contribution in [2.75, 3.05) is 14.2 Å². The van der Waals surface area contributed by atoms with E-state index in [9.17, 15) is 4.39 Å². The van der Waals surface area contributed by atoms with Crippen molar-refractivity contribution in [3.8, 4) is 5.75 Å². The van der Waals surface area contributed by atoms with Gasteiger partial charge in [0.05, 0.1) is 7.11 Å². The number of nitrogens with zero attached hydrogens (tertiary/aromatic N) is 1. The number of nitrogens with one attached hydrogen (secondary N) is 2. The van der Waals surface area contributed by atoms with E-state index in [1.807, 2.05) is 18.2 Å². The fourth-order valence-electron chi connectivity index (χ4n) is 2.10. The summed E-state index contributed by atoms with van der Waals surface area (Å²) in [7, 11) is 3.28. The van der Waals surface area contributed by atoms with Gasteiger partial charge >= 0.3 is 0 Å². The highest BCUT2D eigenvalue weighted by atomic mass is 127. The molecule has 0 spiro atoms. The second-order valence-electron chi connectivity index (χ2n) is 4.87. The van der Waals surface area contributed by atoms with Crippen LogP contribution in [0.25, 0.3) is 0 Å². The fraction of sp³-hybridized carbons (Fsp3) is 0.235. The number of hydrogen-bond donors (Lipinski definition) is 2. The third-order valence-electron chi connectivity index (χ3n) is 3.27. The molecular weight excluding hydrogens is 444 g/mol. The average molecular weight is 464 g/mol. The molecule has 0 saturated carbocycles. The second kappa shape index (κ2) is 10.4. The molecule has 0 heterocycles. The molecule has 0 fully saturated rings. The van der Waals surface area contributed by atoms with Crippen LogP contribution in [0.15, 0.2) is 47.5 Å². The first-order valence-corrected chi connectivity index (χ1v) is 7.51. The zero-order valence-corrected chi connectivity index (χ0v) is 16.6. The molecule has 0 amide bonds. The van der Waals surface area contributed by atoms with Crippen molar-refractivity contribution in [3.63, 3.8) is 0 Å². The number of rotatable bonds is 5. The molecule has 2 aromatic rings. The highest BCUT2D eigenvalue weighted by Gasteiger charge is 2.05. The van der Waals surface area contributed by atoms with Crippen molar-refractivity contribution in [2.24, 2.45) is 4.99 Å². The highest BCUT2D eigenvalue weighted by molar-refractivity contribution is 14.0. The van der Waals surface area contributed by atoms with Crippen LogP contribution in [0.4, 0.5) is 4.39 Å². The van der Waals surface area contributed by atoms with Crippen molar-refractivity contribution in [3.05, 3.63) is 64.4 Å². The molecule has 7 heteroatoms. The first-order chi connectivity index (χ1) is 11.1. The van der Waals surface area contributed by atoms with Gasteiger partial charge in [-0.05, 0) is 29.8 Å². The first kappa shape index (κ1) is 20.5. The number of halogens is 3. The fourth-order valence-corrected chi connectivity index (χ4v) is 2.26. The Balaban J connectivity index is 0.00000288. The van der Waals surface area contributed by atoms with Gasteiger partial charge in [-0.3, -0.25) is 4.99 Å². The molecule has 0 aliphatic rings. The SMILES string of the molecule is CN=C(NCc1cccc(F)c1)NCc1ccc(Cl)cc1OC.I. The van der Waals surface area contributed by atoms with Gasteiger partial charge in [-0.25, -0.2) is 4.39 Å².